The number of ether oxygens (including phenoxy) is 5. The predicted octanol–water partition coefficient (Wildman–Crippen LogP) is 2.19. The molecule has 0 radical (unpaired) electrons. The number of thioether (sulfide) groups is 1. The first-order chi connectivity index (χ1) is 17.6. The number of benzene rings is 1. The molecule has 0 heterocycles. The van der Waals surface area contributed by atoms with Crippen LogP contribution in [0.1, 0.15) is 19.8 Å². The van der Waals surface area contributed by atoms with Crippen molar-refractivity contribution in [3.8, 4) is 5.75 Å². The third-order valence-electron chi connectivity index (χ3n) is 4.46. The van der Waals surface area contributed by atoms with Crippen molar-refractivity contribution in [1.82, 2.24) is 5.32 Å². The average molecular weight is 528 g/mol. The molecule has 0 bridgehead atoms. The fourth-order valence-corrected chi connectivity index (χ4v) is 3.12. The van der Waals surface area contributed by atoms with E-state index in [1.165, 1.54) is 11.8 Å². The molecule has 0 saturated heterocycles. The van der Waals surface area contributed by atoms with E-state index in [-0.39, 0.29) is 30.3 Å². The van der Waals surface area contributed by atoms with Gasteiger partial charge in [0.25, 0.3) is 0 Å². The second-order valence-electron chi connectivity index (χ2n) is 7.42. The topological polar surface area (TPSA) is 130 Å². The van der Waals surface area contributed by atoms with E-state index in [1.807, 2.05) is 37.5 Å². The second kappa shape index (κ2) is 22.1. The molecule has 1 atom stereocenters. The molecule has 11 heteroatoms. The normalized spacial score (nSPS) is 12.0. The fraction of sp³-hybridized carbons (Fsp3) is 0.600. The summed E-state index contributed by atoms with van der Waals surface area (Å²) in [5.74, 6) is 0.313. The molecular weight excluding hydrogens is 486 g/mol. The van der Waals surface area contributed by atoms with Crippen LogP contribution in [-0.2, 0) is 28.5 Å². The third kappa shape index (κ3) is 17.3. The highest BCUT2D eigenvalue weighted by molar-refractivity contribution is 7.99. The van der Waals surface area contributed by atoms with E-state index in [0.717, 1.165) is 6.42 Å². The highest BCUT2D eigenvalue weighted by atomic mass is 32.2. The van der Waals surface area contributed by atoms with Crippen molar-refractivity contribution >= 4 is 29.3 Å². The average Bonchev–Trinajstić information content (AvgIpc) is 2.88. The van der Waals surface area contributed by atoms with Crippen molar-refractivity contribution in [2.45, 2.75) is 25.2 Å². The molecule has 204 valence electrons. The Labute approximate surface area is 218 Å². The van der Waals surface area contributed by atoms with Gasteiger partial charge in [-0.2, -0.15) is 0 Å². The molecule has 1 unspecified atom stereocenters. The summed E-state index contributed by atoms with van der Waals surface area (Å²) in [6.45, 7) is 5.68. The van der Waals surface area contributed by atoms with Crippen LogP contribution in [0, 0.1) is 0 Å². The summed E-state index contributed by atoms with van der Waals surface area (Å²) in [5, 5.41) is 5.58. The number of carbonyl (C=O) groups is 2. The molecule has 0 fully saturated rings. The van der Waals surface area contributed by atoms with E-state index in [4.69, 9.17) is 29.4 Å². The lowest BCUT2D eigenvalue weighted by Gasteiger charge is -2.17. The highest BCUT2D eigenvalue weighted by Crippen LogP contribution is 2.19. The van der Waals surface area contributed by atoms with Gasteiger partial charge >= 0.3 is 0 Å². The summed E-state index contributed by atoms with van der Waals surface area (Å²) in [6, 6.07) is 7.17. The minimum absolute atomic E-state index is 0.00238. The van der Waals surface area contributed by atoms with Crippen LogP contribution in [0.4, 0.5) is 5.69 Å². The van der Waals surface area contributed by atoms with Gasteiger partial charge in [-0.3, -0.25) is 9.59 Å². The maximum Gasteiger partial charge on any atom is 0.246 e. The number of anilines is 1. The van der Waals surface area contributed by atoms with Crippen molar-refractivity contribution in [2.75, 3.05) is 77.5 Å². The predicted molar refractivity (Wildman–Crippen MR) is 142 cm³/mol. The van der Waals surface area contributed by atoms with Crippen LogP contribution in [-0.4, -0.2) is 89.5 Å². The molecule has 1 rings (SSSR count). The Hall–Kier alpha value is -2.15. The molecule has 0 saturated carbocycles. The van der Waals surface area contributed by atoms with Crippen LogP contribution in [0.25, 0.3) is 0 Å². The first kappa shape index (κ1) is 31.9. The summed E-state index contributed by atoms with van der Waals surface area (Å²) < 4.78 is 27.5. The van der Waals surface area contributed by atoms with E-state index in [9.17, 15) is 9.59 Å². The smallest absolute Gasteiger partial charge is 0.246 e. The molecule has 4 N–H and O–H groups in total. The summed E-state index contributed by atoms with van der Waals surface area (Å²) >= 11 is 1.51. The van der Waals surface area contributed by atoms with Crippen molar-refractivity contribution in [3.05, 3.63) is 36.4 Å². The van der Waals surface area contributed by atoms with Crippen LogP contribution in [0.15, 0.2) is 36.4 Å². The van der Waals surface area contributed by atoms with Gasteiger partial charge in [-0.1, -0.05) is 25.1 Å². The van der Waals surface area contributed by atoms with E-state index in [1.54, 1.807) is 12.1 Å². The van der Waals surface area contributed by atoms with Crippen LogP contribution < -0.4 is 21.1 Å². The van der Waals surface area contributed by atoms with Gasteiger partial charge in [-0.25, -0.2) is 0 Å². The number of carbonyl (C=O) groups excluding carboxylic acids is 2. The number of amides is 2. The Balaban J connectivity index is 2.22. The van der Waals surface area contributed by atoms with Gasteiger partial charge in [0, 0.05) is 24.8 Å². The number of hydrogen-bond donors (Lipinski definition) is 3. The number of nitrogens with two attached hydrogens (primary N) is 1. The Bertz CT molecular complexity index is 752. The van der Waals surface area contributed by atoms with Crippen LogP contribution in [0.2, 0.25) is 0 Å². The maximum absolute atomic E-state index is 12.1. The van der Waals surface area contributed by atoms with E-state index in [0.29, 0.717) is 70.8 Å². The summed E-state index contributed by atoms with van der Waals surface area (Å²) in [4.78, 5) is 23.8. The van der Waals surface area contributed by atoms with Gasteiger partial charge in [0.2, 0.25) is 11.8 Å². The zero-order valence-electron chi connectivity index (χ0n) is 21.4. The Morgan fingerprint density at radius 2 is 1.81 bits per heavy atom. The minimum Gasteiger partial charge on any atom is -0.490 e. The zero-order valence-corrected chi connectivity index (χ0v) is 22.2. The Morgan fingerprint density at radius 3 is 2.56 bits per heavy atom. The van der Waals surface area contributed by atoms with Gasteiger partial charge in [0.15, 0.2) is 0 Å². The first-order valence-electron chi connectivity index (χ1n) is 12.1. The molecule has 0 spiro atoms. The molecule has 1 aromatic rings. The van der Waals surface area contributed by atoms with Crippen molar-refractivity contribution in [3.63, 3.8) is 0 Å². The molecule has 0 aliphatic carbocycles. The van der Waals surface area contributed by atoms with Crippen molar-refractivity contribution in [1.29, 1.82) is 0 Å². The van der Waals surface area contributed by atoms with E-state index < -0.39 is 0 Å². The molecule has 0 aliphatic heterocycles. The molecule has 0 aliphatic rings. The zero-order chi connectivity index (χ0) is 26.3. The lowest BCUT2D eigenvalue weighted by Crippen LogP contribution is -2.28. The largest absolute Gasteiger partial charge is 0.490 e. The van der Waals surface area contributed by atoms with Gasteiger partial charge in [0.05, 0.1) is 46.1 Å². The van der Waals surface area contributed by atoms with Gasteiger partial charge in [-0.05, 0) is 24.8 Å². The third-order valence-corrected chi connectivity index (χ3v) is 5.26. The minimum atomic E-state index is -0.203. The molecule has 1 aromatic carbocycles. The maximum atomic E-state index is 12.1. The van der Waals surface area contributed by atoms with E-state index >= 15 is 0 Å². The van der Waals surface area contributed by atoms with Gasteiger partial charge < -0.3 is 40.1 Å². The summed E-state index contributed by atoms with van der Waals surface area (Å²) in [5.41, 5.74) is 5.77. The fourth-order valence-electron chi connectivity index (χ4n) is 2.68. The Morgan fingerprint density at radius 1 is 1.03 bits per heavy atom. The first-order valence-corrected chi connectivity index (χ1v) is 13.4. The number of allylic oxidation sites excluding steroid dienone is 1. The standard InChI is InChI=1S/C25H41N3O7S/c1-3-4-5-11-27-24(30)19-33-16-17-34-25(36-2)20-35-22-8-6-7-21(18-22)28-23(29)9-12-31-14-15-32-13-10-26/h4-8,18,25H,3,9-17,19-20,26H2,1-2H3,(H,27,30)(H,28,29)/b5-4+. The monoisotopic (exact) mass is 527 g/mol. The van der Waals surface area contributed by atoms with Gasteiger partial charge in [-0.15, -0.1) is 11.8 Å². The summed E-state index contributed by atoms with van der Waals surface area (Å²) in [7, 11) is 0. The molecule has 0 aromatic heterocycles. The van der Waals surface area contributed by atoms with Crippen molar-refractivity contribution < 1.29 is 33.3 Å². The molecular formula is C25H41N3O7S. The SMILES string of the molecule is CC/C=C/CNC(=O)COCCOC(COc1cccc(NC(=O)CCOCCOCCN)c1)SC. The number of rotatable bonds is 22. The van der Waals surface area contributed by atoms with Crippen molar-refractivity contribution in [2.24, 2.45) is 5.73 Å². The molecule has 10 nitrogen and oxygen atoms in total. The lowest BCUT2D eigenvalue weighted by atomic mass is 10.3. The lowest BCUT2D eigenvalue weighted by molar-refractivity contribution is -0.126. The molecule has 36 heavy (non-hydrogen) atoms. The van der Waals surface area contributed by atoms with Crippen LogP contribution >= 0.6 is 11.8 Å². The number of hydrogen-bond acceptors (Lipinski definition) is 9. The quantitative estimate of drug-likeness (QED) is 0.118. The van der Waals surface area contributed by atoms with Crippen LogP contribution in [0.5, 0.6) is 5.75 Å². The Kier molecular flexibility index (Phi) is 19.6. The van der Waals surface area contributed by atoms with Crippen LogP contribution in [0.3, 0.4) is 0 Å². The highest BCUT2D eigenvalue weighted by Gasteiger charge is 2.10. The second-order valence-corrected chi connectivity index (χ2v) is 8.42. The van der Waals surface area contributed by atoms with Gasteiger partial charge in [0.1, 0.15) is 24.4 Å². The summed E-state index contributed by atoms with van der Waals surface area (Å²) in [6.07, 6.45) is 7.01. The molecule has 2 amide bonds. The number of nitrogens with one attached hydrogen (secondary N) is 2. The van der Waals surface area contributed by atoms with E-state index in [2.05, 4.69) is 10.6 Å².